The second-order valence-electron chi connectivity index (χ2n) is 5.89. The fourth-order valence-electron chi connectivity index (χ4n) is 2.91. The molecule has 0 aromatic carbocycles. The highest BCUT2D eigenvalue weighted by molar-refractivity contribution is 6.39. The molecule has 0 aliphatic carbocycles. The minimum Gasteiger partial charge on any atom is -0.348 e. The van der Waals surface area contributed by atoms with Crippen molar-refractivity contribution in [1.82, 2.24) is 14.9 Å². The molecule has 2 aromatic rings. The van der Waals surface area contributed by atoms with Gasteiger partial charge in [-0.05, 0) is 37.0 Å². The number of Topliss-reactive ketones (excluding diaryl/α,β-unsaturated/α-hetero) is 1. The SMILES string of the molecule is O=C1CCCCN2Cc3ncc(C#Cc4ccccn4)cc3N=C12. The second-order valence-corrected chi connectivity index (χ2v) is 5.89. The summed E-state index contributed by atoms with van der Waals surface area (Å²) >= 11 is 0. The van der Waals surface area contributed by atoms with E-state index in [1.807, 2.05) is 29.2 Å². The van der Waals surface area contributed by atoms with Gasteiger partial charge >= 0.3 is 0 Å². The summed E-state index contributed by atoms with van der Waals surface area (Å²) in [6, 6.07) is 7.53. The minimum absolute atomic E-state index is 0.128. The molecule has 0 atom stereocenters. The zero-order chi connectivity index (χ0) is 16.4. The van der Waals surface area contributed by atoms with Gasteiger partial charge in [0.25, 0.3) is 0 Å². The Morgan fingerprint density at radius 2 is 2.08 bits per heavy atom. The maximum absolute atomic E-state index is 12.2. The van der Waals surface area contributed by atoms with E-state index in [1.54, 1.807) is 12.4 Å². The van der Waals surface area contributed by atoms with Crippen molar-refractivity contribution in [2.75, 3.05) is 6.54 Å². The second kappa shape index (κ2) is 6.25. The van der Waals surface area contributed by atoms with Crippen LogP contribution in [-0.2, 0) is 11.3 Å². The molecule has 0 unspecified atom stereocenters. The van der Waals surface area contributed by atoms with Crippen molar-refractivity contribution < 1.29 is 4.79 Å². The molecular formula is C19H16N4O. The smallest absolute Gasteiger partial charge is 0.197 e. The molecule has 2 aliphatic rings. The lowest BCUT2D eigenvalue weighted by Gasteiger charge is -2.27. The molecule has 1 saturated heterocycles. The van der Waals surface area contributed by atoms with Crippen LogP contribution in [0.2, 0.25) is 0 Å². The van der Waals surface area contributed by atoms with Crippen LogP contribution in [0.1, 0.15) is 36.2 Å². The highest BCUT2D eigenvalue weighted by Gasteiger charge is 2.27. The highest BCUT2D eigenvalue weighted by Crippen LogP contribution is 2.27. The average Bonchev–Trinajstić information content (AvgIpc) is 2.80. The van der Waals surface area contributed by atoms with E-state index in [0.717, 1.165) is 36.3 Å². The van der Waals surface area contributed by atoms with Gasteiger partial charge < -0.3 is 4.90 Å². The average molecular weight is 316 g/mol. The first-order valence-corrected chi connectivity index (χ1v) is 8.08. The van der Waals surface area contributed by atoms with Crippen LogP contribution < -0.4 is 0 Å². The topological polar surface area (TPSA) is 58.5 Å². The number of rotatable bonds is 0. The molecule has 0 spiro atoms. The summed E-state index contributed by atoms with van der Waals surface area (Å²) in [5, 5.41) is 0. The number of hydrogen-bond donors (Lipinski definition) is 0. The molecule has 2 aliphatic heterocycles. The Kier molecular flexibility index (Phi) is 3.80. The predicted molar refractivity (Wildman–Crippen MR) is 90.8 cm³/mol. The van der Waals surface area contributed by atoms with E-state index in [4.69, 9.17) is 0 Å². The van der Waals surface area contributed by atoms with Crippen LogP contribution in [-0.4, -0.2) is 33.0 Å². The number of hydrogen-bond acceptors (Lipinski definition) is 5. The van der Waals surface area contributed by atoms with Crippen molar-refractivity contribution in [3.8, 4) is 11.8 Å². The van der Waals surface area contributed by atoms with E-state index in [1.165, 1.54) is 0 Å². The molecule has 5 nitrogen and oxygen atoms in total. The van der Waals surface area contributed by atoms with Gasteiger partial charge in [0.15, 0.2) is 11.6 Å². The van der Waals surface area contributed by atoms with E-state index >= 15 is 0 Å². The molecule has 118 valence electrons. The standard InChI is InChI=1S/C19H16N4O/c24-18-6-2-4-10-23-13-17-16(22-19(18)23)11-14(12-21-17)7-8-15-5-1-3-9-20-15/h1,3,5,9,11-12H,2,4,6,10,13H2. The van der Waals surface area contributed by atoms with E-state index in [9.17, 15) is 4.79 Å². The van der Waals surface area contributed by atoms with Gasteiger partial charge in [0.1, 0.15) is 5.69 Å². The number of amidine groups is 1. The van der Waals surface area contributed by atoms with Gasteiger partial charge in [-0.3, -0.25) is 9.78 Å². The Labute approximate surface area is 140 Å². The van der Waals surface area contributed by atoms with Gasteiger partial charge in [-0.15, -0.1) is 0 Å². The van der Waals surface area contributed by atoms with Crippen LogP contribution in [0.25, 0.3) is 0 Å². The fraction of sp³-hybridized carbons (Fsp3) is 0.263. The summed E-state index contributed by atoms with van der Waals surface area (Å²) < 4.78 is 0. The van der Waals surface area contributed by atoms with Crippen molar-refractivity contribution in [3.05, 3.63) is 53.6 Å². The summed E-state index contributed by atoms with van der Waals surface area (Å²) in [4.78, 5) is 27.5. The molecule has 4 rings (SSSR count). The number of pyridine rings is 2. The molecule has 0 radical (unpaired) electrons. The number of aliphatic imine (C=N–C) groups is 1. The van der Waals surface area contributed by atoms with E-state index in [0.29, 0.717) is 24.5 Å². The number of fused-ring (bicyclic) bond motifs is 2. The Morgan fingerprint density at radius 1 is 1.12 bits per heavy atom. The first-order chi connectivity index (χ1) is 11.8. The monoisotopic (exact) mass is 316 g/mol. The van der Waals surface area contributed by atoms with Gasteiger partial charge in [-0.25, -0.2) is 9.98 Å². The van der Waals surface area contributed by atoms with Crippen LogP contribution >= 0.6 is 0 Å². The summed E-state index contributed by atoms with van der Waals surface area (Å²) in [5.74, 6) is 6.79. The van der Waals surface area contributed by atoms with Crippen LogP contribution in [0.15, 0.2) is 41.7 Å². The van der Waals surface area contributed by atoms with Gasteiger partial charge in [0.05, 0.1) is 17.9 Å². The molecule has 0 saturated carbocycles. The Hall–Kier alpha value is -3.00. The lowest BCUT2D eigenvalue weighted by Crippen LogP contribution is -2.37. The van der Waals surface area contributed by atoms with Crippen LogP contribution in [0.4, 0.5) is 5.69 Å². The highest BCUT2D eigenvalue weighted by atomic mass is 16.1. The fourth-order valence-corrected chi connectivity index (χ4v) is 2.91. The number of aromatic nitrogens is 2. The number of ketones is 1. The van der Waals surface area contributed by atoms with Crippen LogP contribution in [0, 0.1) is 11.8 Å². The molecule has 5 heteroatoms. The first-order valence-electron chi connectivity index (χ1n) is 8.08. The molecule has 0 amide bonds. The van der Waals surface area contributed by atoms with Crippen molar-refractivity contribution in [3.63, 3.8) is 0 Å². The molecule has 24 heavy (non-hydrogen) atoms. The summed E-state index contributed by atoms with van der Waals surface area (Å²) in [5.41, 5.74) is 3.14. The zero-order valence-electron chi connectivity index (χ0n) is 13.2. The number of carbonyl (C=O) groups is 1. The molecule has 4 heterocycles. The summed E-state index contributed by atoms with van der Waals surface area (Å²) in [7, 11) is 0. The third-order valence-electron chi connectivity index (χ3n) is 4.14. The minimum atomic E-state index is 0.128. The van der Waals surface area contributed by atoms with Crippen molar-refractivity contribution in [2.45, 2.75) is 25.8 Å². The van der Waals surface area contributed by atoms with Gasteiger partial charge in [-0.2, -0.15) is 0 Å². The lowest BCUT2D eigenvalue weighted by atomic mass is 10.1. The third-order valence-corrected chi connectivity index (χ3v) is 4.14. The summed E-state index contributed by atoms with van der Waals surface area (Å²) in [6.45, 7) is 1.51. The zero-order valence-corrected chi connectivity index (χ0v) is 13.2. The first kappa shape index (κ1) is 14.6. The normalized spacial score (nSPS) is 16.2. The number of carbonyl (C=O) groups excluding carboxylic acids is 1. The van der Waals surface area contributed by atoms with Gasteiger partial charge in [0, 0.05) is 30.9 Å². The van der Waals surface area contributed by atoms with E-state index in [-0.39, 0.29) is 5.78 Å². The maximum atomic E-state index is 12.2. The quantitative estimate of drug-likeness (QED) is 0.701. The van der Waals surface area contributed by atoms with E-state index in [2.05, 4.69) is 26.8 Å². The molecular weight excluding hydrogens is 300 g/mol. The molecule has 2 aromatic heterocycles. The predicted octanol–water partition coefficient (Wildman–Crippen LogP) is 2.48. The third kappa shape index (κ3) is 2.91. The Bertz CT molecular complexity index is 877. The molecule has 0 bridgehead atoms. The lowest BCUT2D eigenvalue weighted by molar-refractivity contribution is -0.113. The van der Waals surface area contributed by atoms with Crippen LogP contribution in [0.3, 0.4) is 0 Å². The Morgan fingerprint density at radius 3 is 2.96 bits per heavy atom. The van der Waals surface area contributed by atoms with Gasteiger partial charge in [0.2, 0.25) is 0 Å². The molecule has 1 fully saturated rings. The Balaban J connectivity index is 1.67. The van der Waals surface area contributed by atoms with E-state index < -0.39 is 0 Å². The molecule has 0 N–H and O–H groups in total. The summed E-state index contributed by atoms with van der Waals surface area (Å²) in [6.07, 6.45) is 6.01. The number of nitrogens with zero attached hydrogens (tertiary/aromatic N) is 4. The van der Waals surface area contributed by atoms with Crippen molar-refractivity contribution in [1.29, 1.82) is 0 Å². The van der Waals surface area contributed by atoms with Crippen molar-refractivity contribution >= 4 is 17.3 Å². The van der Waals surface area contributed by atoms with Gasteiger partial charge in [-0.1, -0.05) is 12.0 Å². The van der Waals surface area contributed by atoms with Crippen molar-refractivity contribution in [2.24, 2.45) is 4.99 Å². The maximum Gasteiger partial charge on any atom is 0.197 e. The largest absolute Gasteiger partial charge is 0.348 e. The van der Waals surface area contributed by atoms with Crippen LogP contribution in [0.5, 0.6) is 0 Å².